The quantitative estimate of drug-likeness (QED) is 0.0309. The SMILES string of the molecule is CCC/C=C\C/C=C\CCCCCCCC(=O)OC(COC(=O)CCCCCCC/C=C\CCCCCCC)COP(=O)(O)OCC. The summed E-state index contributed by atoms with van der Waals surface area (Å²) in [6.45, 7) is 5.35. The van der Waals surface area contributed by atoms with Gasteiger partial charge in [0.05, 0.1) is 13.2 Å². The molecule has 0 aliphatic carbocycles. The van der Waals surface area contributed by atoms with Gasteiger partial charge in [0.25, 0.3) is 0 Å². The fraction of sp³-hybridized carbons (Fsp3) is 0.789. The van der Waals surface area contributed by atoms with Crippen molar-refractivity contribution >= 4 is 19.8 Å². The zero-order valence-corrected chi connectivity index (χ0v) is 31.1. The smallest absolute Gasteiger partial charge is 0.462 e. The third-order valence-electron chi connectivity index (χ3n) is 7.65. The predicted molar refractivity (Wildman–Crippen MR) is 193 cm³/mol. The summed E-state index contributed by atoms with van der Waals surface area (Å²) in [6, 6.07) is 0. The second kappa shape index (κ2) is 34.1. The zero-order chi connectivity index (χ0) is 34.7. The molecule has 0 aliphatic rings. The van der Waals surface area contributed by atoms with Gasteiger partial charge in [0.15, 0.2) is 6.10 Å². The van der Waals surface area contributed by atoms with E-state index in [0.717, 1.165) is 83.5 Å². The van der Waals surface area contributed by atoms with Crippen molar-refractivity contribution in [3.63, 3.8) is 0 Å². The summed E-state index contributed by atoms with van der Waals surface area (Å²) >= 11 is 0. The first-order valence-electron chi connectivity index (χ1n) is 18.8. The highest BCUT2D eigenvalue weighted by atomic mass is 31.2. The van der Waals surface area contributed by atoms with Crippen LogP contribution in [-0.2, 0) is 32.7 Å². The first-order chi connectivity index (χ1) is 22.8. The molecular weight excluding hydrogens is 615 g/mol. The molecule has 0 aromatic rings. The minimum Gasteiger partial charge on any atom is -0.462 e. The molecule has 0 bridgehead atoms. The van der Waals surface area contributed by atoms with Gasteiger partial charge in [-0.1, -0.05) is 121 Å². The summed E-state index contributed by atoms with van der Waals surface area (Å²) < 4.78 is 32.5. The molecule has 0 saturated heterocycles. The molecule has 0 heterocycles. The first kappa shape index (κ1) is 45.3. The van der Waals surface area contributed by atoms with Crippen molar-refractivity contribution in [2.75, 3.05) is 19.8 Å². The molecule has 0 amide bonds. The number of hydrogen-bond donors (Lipinski definition) is 1. The number of esters is 2. The van der Waals surface area contributed by atoms with E-state index >= 15 is 0 Å². The van der Waals surface area contributed by atoms with Crippen molar-refractivity contribution in [1.82, 2.24) is 0 Å². The van der Waals surface area contributed by atoms with Gasteiger partial charge in [-0.05, 0) is 71.1 Å². The molecule has 8 nitrogen and oxygen atoms in total. The van der Waals surface area contributed by atoms with Gasteiger partial charge >= 0.3 is 19.8 Å². The maximum Gasteiger partial charge on any atom is 0.472 e. The Labute approximate surface area is 287 Å². The molecule has 0 aromatic heterocycles. The van der Waals surface area contributed by atoms with Crippen LogP contribution >= 0.6 is 7.82 Å². The molecule has 2 atom stereocenters. The fourth-order valence-electron chi connectivity index (χ4n) is 4.90. The van der Waals surface area contributed by atoms with Crippen molar-refractivity contribution < 1.29 is 37.6 Å². The van der Waals surface area contributed by atoms with Crippen LogP contribution in [0.2, 0.25) is 0 Å². The van der Waals surface area contributed by atoms with Crippen LogP contribution in [0, 0.1) is 0 Å². The van der Waals surface area contributed by atoms with Crippen LogP contribution in [0.4, 0.5) is 0 Å². The lowest BCUT2D eigenvalue weighted by atomic mass is 10.1. The van der Waals surface area contributed by atoms with E-state index in [-0.39, 0.29) is 32.0 Å². The monoisotopic (exact) mass is 684 g/mol. The van der Waals surface area contributed by atoms with Gasteiger partial charge in [0.1, 0.15) is 6.61 Å². The van der Waals surface area contributed by atoms with Crippen molar-refractivity contribution in [2.45, 2.75) is 175 Å². The Balaban J connectivity index is 4.20. The minimum absolute atomic E-state index is 0.00418. The topological polar surface area (TPSA) is 108 Å². The van der Waals surface area contributed by atoms with Gasteiger partial charge in [-0.3, -0.25) is 18.6 Å². The molecule has 0 aliphatic heterocycles. The second-order valence-electron chi connectivity index (χ2n) is 12.2. The van der Waals surface area contributed by atoms with Crippen LogP contribution < -0.4 is 0 Å². The number of rotatable bonds is 34. The van der Waals surface area contributed by atoms with Crippen LogP contribution in [-0.4, -0.2) is 42.8 Å². The summed E-state index contributed by atoms with van der Waals surface area (Å²) in [6.07, 6.45) is 36.2. The van der Waals surface area contributed by atoms with Gasteiger partial charge in [0.2, 0.25) is 0 Å². The van der Waals surface area contributed by atoms with Crippen LogP contribution in [0.15, 0.2) is 36.5 Å². The average molecular weight is 685 g/mol. The number of phosphoric ester groups is 1. The summed E-state index contributed by atoms with van der Waals surface area (Å²) in [5.74, 6) is -0.826. The largest absolute Gasteiger partial charge is 0.472 e. The lowest BCUT2D eigenvalue weighted by Gasteiger charge is -2.19. The van der Waals surface area contributed by atoms with Gasteiger partial charge in [0, 0.05) is 12.8 Å². The molecule has 0 fully saturated rings. The zero-order valence-electron chi connectivity index (χ0n) is 30.2. The highest BCUT2D eigenvalue weighted by molar-refractivity contribution is 7.47. The van der Waals surface area contributed by atoms with Crippen molar-refractivity contribution in [2.24, 2.45) is 0 Å². The Bertz CT molecular complexity index is 870. The molecular formula is C38H69O8P. The van der Waals surface area contributed by atoms with Crippen LogP contribution in [0.3, 0.4) is 0 Å². The Hall–Kier alpha value is -1.73. The third-order valence-corrected chi connectivity index (χ3v) is 8.71. The molecule has 1 N–H and O–H groups in total. The molecule has 0 aromatic carbocycles. The molecule has 274 valence electrons. The average Bonchev–Trinajstić information content (AvgIpc) is 3.04. The van der Waals surface area contributed by atoms with Gasteiger partial charge in [-0.2, -0.15) is 0 Å². The fourth-order valence-corrected chi connectivity index (χ4v) is 5.65. The van der Waals surface area contributed by atoms with Gasteiger partial charge in [-0.25, -0.2) is 4.57 Å². The normalized spacial score (nSPS) is 13.9. The number of carbonyl (C=O) groups excluding carboxylic acids is 2. The first-order valence-corrected chi connectivity index (χ1v) is 20.3. The molecule has 0 spiro atoms. The third kappa shape index (κ3) is 33.9. The summed E-state index contributed by atoms with van der Waals surface area (Å²) in [7, 11) is -4.28. The van der Waals surface area contributed by atoms with E-state index < -0.39 is 26.5 Å². The predicted octanol–water partition coefficient (Wildman–Crippen LogP) is 11.3. The lowest BCUT2D eigenvalue weighted by molar-refractivity contribution is -0.161. The maximum absolute atomic E-state index is 12.5. The Morgan fingerprint density at radius 3 is 1.62 bits per heavy atom. The summed E-state index contributed by atoms with van der Waals surface area (Å²) in [5.41, 5.74) is 0. The van der Waals surface area contributed by atoms with E-state index in [2.05, 4.69) is 50.3 Å². The van der Waals surface area contributed by atoms with Crippen molar-refractivity contribution in [1.29, 1.82) is 0 Å². The van der Waals surface area contributed by atoms with E-state index in [1.165, 1.54) is 44.9 Å². The lowest BCUT2D eigenvalue weighted by Crippen LogP contribution is -2.29. The van der Waals surface area contributed by atoms with Crippen LogP contribution in [0.5, 0.6) is 0 Å². The van der Waals surface area contributed by atoms with Crippen molar-refractivity contribution in [3.05, 3.63) is 36.5 Å². The van der Waals surface area contributed by atoms with Gasteiger partial charge in [-0.15, -0.1) is 0 Å². The van der Waals surface area contributed by atoms with E-state index in [4.69, 9.17) is 18.5 Å². The van der Waals surface area contributed by atoms with Crippen molar-refractivity contribution in [3.8, 4) is 0 Å². The van der Waals surface area contributed by atoms with Gasteiger partial charge < -0.3 is 14.4 Å². The Morgan fingerprint density at radius 2 is 1.06 bits per heavy atom. The number of ether oxygens (including phenoxy) is 2. The standard InChI is InChI=1S/C38H69O8P/c1-4-7-9-11-13-15-17-19-21-22-24-26-28-30-32-37(39)43-34-36(35-45-47(41,42)44-6-3)46-38(40)33-31-29-27-25-23-20-18-16-14-12-10-8-5-2/h10,12,16-19,36H,4-9,11,13-15,20-35H2,1-3H3,(H,41,42)/b12-10-,18-16-,19-17-. The highest BCUT2D eigenvalue weighted by Crippen LogP contribution is 2.43. The van der Waals surface area contributed by atoms with E-state index in [1.807, 2.05) is 0 Å². The van der Waals surface area contributed by atoms with Crippen LogP contribution in [0.25, 0.3) is 0 Å². The minimum atomic E-state index is -4.28. The number of phosphoric acid groups is 1. The van der Waals surface area contributed by atoms with E-state index in [9.17, 15) is 19.0 Å². The Morgan fingerprint density at radius 1 is 0.574 bits per heavy atom. The summed E-state index contributed by atoms with van der Waals surface area (Å²) in [5, 5.41) is 0. The highest BCUT2D eigenvalue weighted by Gasteiger charge is 2.25. The Kier molecular flexibility index (Phi) is 32.9. The number of allylic oxidation sites excluding steroid dienone is 6. The number of hydrogen-bond acceptors (Lipinski definition) is 7. The molecule has 2 unspecified atom stereocenters. The van der Waals surface area contributed by atoms with E-state index in [0.29, 0.717) is 6.42 Å². The van der Waals surface area contributed by atoms with E-state index in [1.54, 1.807) is 6.92 Å². The summed E-state index contributed by atoms with van der Waals surface area (Å²) in [4.78, 5) is 34.5. The number of carbonyl (C=O) groups is 2. The molecule has 0 radical (unpaired) electrons. The van der Waals surface area contributed by atoms with Crippen LogP contribution in [0.1, 0.15) is 168 Å². The maximum atomic E-state index is 12.5. The molecule has 47 heavy (non-hydrogen) atoms. The number of unbranched alkanes of at least 4 members (excludes halogenated alkanes) is 16. The molecule has 0 saturated carbocycles. The molecule has 9 heteroatoms. The molecule has 0 rings (SSSR count). The second-order valence-corrected chi connectivity index (χ2v) is 13.7.